The molecule has 7 rings (SSSR count). The van der Waals surface area contributed by atoms with E-state index in [1.807, 2.05) is 60.7 Å². The molecule has 2 fully saturated rings. The van der Waals surface area contributed by atoms with Crippen molar-refractivity contribution in [2.75, 3.05) is 61.8 Å². The van der Waals surface area contributed by atoms with Gasteiger partial charge in [-0.05, 0) is 110 Å². The lowest BCUT2D eigenvalue weighted by molar-refractivity contribution is -0.384. The molecule has 63 heavy (non-hydrogen) atoms. The van der Waals surface area contributed by atoms with Crippen molar-refractivity contribution < 1.29 is 28.1 Å². The summed E-state index contributed by atoms with van der Waals surface area (Å²) in [5.74, 6) is -0.922. The van der Waals surface area contributed by atoms with E-state index in [1.165, 1.54) is 23.3 Å². The number of anilines is 2. The maximum Gasteiger partial charge on any atom is 0.293 e. The smallest absolute Gasteiger partial charge is 0.293 e. The van der Waals surface area contributed by atoms with Crippen LogP contribution in [0.3, 0.4) is 0 Å². The molecular weight excluding hydrogens is 862 g/mol. The highest BCUT2D eigenvalue weighted by molar-refractivity contribution is 7.99. The molecule has 0 aromatic heterocycles. The van der Waals surface area contributed by atoms with Crippen LogP contribution in [0.2, 0.25) is 5.02 Å². The van der Waals surface area contributed by atoms with Crippen LogP contribution in [0.15, 0.2) is 131 Å². The van der Waals surface area contributed by atoms with Crippen LogP contribution in [0.25, 0.3) is 11.1 Å². The molecule has 330 valence electrons. The summed E-state index contributed by atoms with van der Waals surface area (Å²) in [5, 5.41) is 25.4. The number of nitro benzene ring substituents is 1. The van der Waals surface area contributed by atoms with Crippen LogP contribution < -0.4 is 20.4 Å². The number of carbonyl (C=O) groups is 2. The van der Waals surface area contributed by atoms with Crippen molar-refractivity contribution in [1.29, 1.82) is 0 Å². The second-order valence-electron chi connectivity index (χ2n) is 15.7. The van der Waals surface area contributed by atoms with E-state index in [2.05, 4.69) is 42.9 Å². The Hall–Kier alpha value is -5.49. The van der Waals surface area contributed by atoms with E-state index < -0.39 is 31.4 Å². The number of nitro groups is 1. The summed E-state index contributed by atoms with van der Waals surface area (Å²) in [6, 6.07) is 36.1. The summed E-state index contributed by atoms with van der Waals surface area (Å²) in [5.41, 5.74) is 6.02. The summed E-state index contributed by atoms with van der Waals surface area (Å²) in [7, 11) is -4.49. The number of nitrogens with zero attached hydrogens (tertiary/aromatic N) is 4. The number of hydrogen-bond acceptors (Lipinski definition) is 12. The van der Waals surface area contributed by atoms with Gasteiger partial charge in [-0.2, -0.15) is 0 Å². The lowest BCUT2D eigenvalue weighted by Crippen LogP contribution is -2.46. The molecule has 17 heteroatoms. The van der Waals surface area contributed by atoms with Crippen LogP contribution in [0.4, 0.5) is 17.1 Å². The largest absolute Gasteiger partial charge is 0.376 e. The van der Waals surface area contributed by atoms with Crippen LogP contribution in [-0.4, -0.2) is 97.8 Å². The van der Waals surface area contributed by atoms with E-state index in [9.17, 15) is 28.1 Å². The third kappa shape index (κ3) is 12.2. The Morgan fingerprint density at radius 1 is 0.841 bits per heavy atom. The van der Waals surface area contributed by atoms with Crippen molar-refractivity contribution in [3.8, 4) is 11.1 Å². The zero-order chi connectivity index (χ0) is 44.3. The normalized spacial score (nSPS) is 15.7. The third-order valence-electron chi connectivity index (χ3n) is 11.6. The Balaban J connectivity index is 0.955. The summed E-state index contributed by atoms with van der Waals surface area (Å²) in [6.07, 6.45) is 1.82. The number of amides is 2. The lowest BCUT2D eigenvalue weighted by Gasteiger charge is -2.36. The molecule has 0 saturated carbocycles. The average molecular weight is 913 g/mol. The van der Waals surface area contributed by atoms with Crippen molar-refractivity contribution in [2.45, 2.75) is 41.6 Å². The number of thioether (sulfide) groups is 1. The van der Waals surface area contributed by atoms with Gasteiger partial charge in [0, 0.05) is 84.2 Å². The van der Waals surface area contributed by atoms with Gasteiger partial charge in [-0.25, -0.2) is 18.6 Å². The monoisotopic (exact) mass is 911 g/mol. The number of rotatable bonds is 17. The molecule has 2 aliphatic heterocycles. The molecule has 14 nitrogen and oxygen atoms in total. The molecule has 5 aromatic carbocycles. The Kier molecular flexibility index (Phi) is 15.4. The molecule has 0 radical (unpaired) electrons. The van der Waals surface area contributed by atoms with Gasteiger partial charge in [0.05, 0.1) is 9.82 Å². The molecule has 2 saturated heterocycles. The van der Waals surface area contributed by atoms with Gasteiger partial charge >= 0.3 is 0 Å². The van der Waals surface area contributed by atoms with Crippen LogP contribution in [0, 0.1) is 16.0 Å². The zero-order valence-corrected chi connectivity index (χ0v) is 37.0. The molecule has 4 N–H and O–H groups in total. The topological polar surface area (TPSA) is 177 Å². The second-order valence-corrected chi connectivity index (χ2v) is 18.9. The molecule has 0 unspecified atom stereocenters. The minimum absolute atomic E-state index is 0.132. The number of hydrogen-bond donors (Lipinski definition) is 4. The number of nitrogens with one attached hydrogen (secondary N) is 3. The van der Waals surface area contributed by atoms with E-state index in [-0.39, 0.29) is 29.1 Å². The minimum atomic E-state index is -4.49. The average Bonchev–Trinajstić information content (AvgIpc) is 3.30. The molecule has 2 heterocycles. The Bertz CT molecular complexity index is 2470. The SMILES string of the molecule is O=C(NS(=O)(=O)c1ccc(N[C@H](CCN2CCC(C(=O)NO)CC2)CSc2ccccc2)c([N+](=O)[O-])c1)c1ccc(N2CCN(Cc3ccccc3-c3ccc(Cl)cc3)CC2)cc1. The molecule has 1 atom stereocenters. The Morgan fingerprint density at radius 3 is 2.21 bits per heavy atom. The van der Waals surface area contributed by atoms with Crippen LogP contribution in [-0.2, 0) is 21.4 Å². The fourth-order valence-electron chi connectivity index (χ4n) is 7.97. The molecule has 2 aliphatic rings. The maximum atomic E-state index is 13.5. The van der Waals surface area contributed by atoms with Crippen LogP contribution in [0.5, 0.6) is 0 Å². The standard InChI is InChI=1S/C46H50ClN7O7S2/c47-37-14-10-33(11-15-37)42-9-5-4-6-36(42)31-52-26-28-53(29-27-52)39-16-12-34(13-17-39)46(56)50-63(60,61)41-18-19-43(44(30-41)54(58)59)48-38(32-62-40-7-2-1-3-8-40)22-25-51-23-20-35(21-24-51)45(55)49-57/h1-19,30,35,38,48,57H,20-29,31-32H2,(H,49,55)(H,50,56)/t38-/m1/s1. The number of likely N-dealkylation sites (tertiary alicyclic amines) is 1. The molecule has 5 aromatic rings. The van der Waals surface area contributed by atoms with E-state index in [0.29, 0.717) is 49.7 Å². The number of sulfonamides is 1. The molecule has 0 spiro atoms. The van der Waals surface area contributed by atoms with Crippen LogP contribution in [0.1, 0.15) is 35.2 Å². The zero-order valence-electron chi connectivity index (χ0n) is 34.6. The fourth-order valence-corrected chi connectivity index (χ4v) is 10.1. The van der Waals surface area contributed by atoms with E-state index in [1.54, 1.807) is 41.5 Å². The first-order valence-electron chi connectivity index (χ1n) is 20.8. The highest BCUT2D eigenvalue weighted by atomic mass is 35.5. The van der Waals surface area contributed by atoms with Crippen molar-refractivity contribution >= 4 is 62.3 Å². The molecule has 0 aliphatic carbocycles. The van der Waals surface area contributed by atoms with Gasteiger partial charge in [-0.15, -0.1) is 11.8 Å². The van der Waals surface area contributed by atoms with Gasteiger partial charge in [-0.1, -0.05) is 66.2 Å². The van der Waals surface area contributed by atoms with Crippen molar-refractivity contribution in [3.63, 3.8) is 0 Å². The number of benzene rings is 5. The highest BCUT2D eigenvalue weighted by Gasteiger charge is 2.28. The minimum Gasteiger partial charge on any atom is -0.376 e. The number of piperazine rings is 1. The van der Waals surface area contributed by atoms with Gasteiger partial charge in [0.25, 0.3) is 21.6 Å². The summed E-state index contributed by atoms with van der Waals surface area (Å²) >= 11 is 7.72. The highest BCUT2D eigenvalue weighted by Crippen LogP contribution is 2.31. The molecular formula is C46H50ClN7O7S2. The van der Waals surface area contributed by atoms with Crippen molar-refractivity contribution in [3.05, 3.63) is 148 Å². The number of hydroxylamine groups is 1. The van der Waals surface area contributed by atoms with E-state index in [4.69, 9.17) is 16.8 Å². The summed E-state index contributed by atoms with van der Waals surface area (Å²) < 4.78 is 29.1. The first-order valence-corrected chi connectivity index (χ1v) is 23.7. The van der Waals surface area contributed by atoms with Crippen molar-refractivity contribution in [2.24, 2.45) is 5.92 Å². The van der Waals surface area contributed by atoms with Gasteiger partial charge in [0.1, 0.15) is 5.69 Å². The molecule has 0 bridgehead atoms. The predicted molar refractivity (Wildman–Crippen MR) is 247 cm³/mol. The quantitative estimate of drug-likeness (QED) is 0.0313. The van der Waals surface area contributed by atoms with Gasteiger partial charge < -0.3 is 15.1 Å². The second kappa shape index (κ2) is 21.3. The fraction of sp³-hybridized carbons (Fsp3) is 0.304. The third-order valence-corrected chi connectivity index (χ3v) is 14.3. The number of carbonyl (C=O) groups excluding carboxylic acids is 2. The van der Waals surface area contributed by atoms with Crippen LogP contribution >= 0.6 is 23.4 Å². The lowest BCUT2D eigenvalue weighted by atomic mass is 9.96. The van der Waals surface area contributed by atoms with Gasteiger partial charge in [-0.3, -0.25) is 29.8 Å². The maximum absolute atomic E-state index is 13.5. The molecule has 2 amide bonds. The first kappa shape index (κ1) is 45.5. The Morgan fingerprint density at radius 2 is 1.52 bits per heavy atom. The van der Waals surface area contributed by atoms with E-state index >= 15 is 0 Å². The van der Waals surface area contributed by atoms with Crippen molar-refractivity contribution in [1.82, 2.24) is 20.0 Å². The first-order chi connectivity index (χ1) is 30.4. The predicted octanol–water partition coefficient (Wildman–Crippen LogP) is 7.54. The Labute approximate surface area is 376 Å². The summed E-state index contributed by atoms with van der Waals surface area (Å²) in [6.45, 7) is 5.99. The van der Waals surface area contributed by atoms with Gasteiger partial charge in [0.2, 0.25) is 5.91 Å². The van der Waals surface area contributed by atoms with Gasteiger partial charge in [0.15, 0.2) is 0 Å². The summed E-state index contributed by atoms with van der Waals surface area (Å²) in [4.78, 5) is 44.4. The van der Waals surface area contributed by atoms with E-state index in [0.717, 1.165) is 54.9 Å². The number of halogens is 1. The number of piperidine rings is 1.